The predicted molar refractivity (Wildman–Crippen MR) is 130 cm³/mol. The Hall–Kier alpha value is -3.24. The Morgan fingerprint density at radius 2 is 1.67 bits per heavy atom. The van der Waals surface area contributed by atoms with Gasteiger partial charge in [-0.05, 0) is 83.2 Å². The fraction of sp³-hybridized carbons (Fsp3) is 0.179. The molecule has 3 aromatic carbocycles. The summed E-state index contributed by atoms with van der Waals surface area (Å²) in [5.41, 5.74) is 9.43. The van der Waals surface area contributed by atoms with Gasteiger partial charge in [0.25, 0.3) is 0 Å². The first-order chi connectivity index (χ1) is 14.7. The lowest BCUT2D eigenvalue weighted by atomic mass is 10.00. The summed E-state index contributed by atoms with van der Waals surface area (Å²) < 4.78 is 0. The molecule has 4 rings (SSSR count). The molecule has 2 heteroatoms. The van der Waals surface area contributed by atoms with E-state index in [1.165, 1.54) is 46.2 Å². The fourth-order valence-corrected chi connectivity index (χ4v) is 3.78. The number of allylic oxidation sites excluding steroid dienone is 1. The van der Waals surface area contributed by atoms with Crippen LogP contribution >= 0.6 is 12.2 Å². The van der Waals surface area contributed by atoms with Gasteiger partial charge in [-0.3, -0.25) is 0 Å². The standard InChI is InChI=1S/C28H23NS/c1-2-3-4-21-5-7-22(8-6-21)9-10-23-17-25-11-12-26(19-27(25)18-23)24-13-15-28(16-14-24)29-20-30/h5-8,11-17,19H,2-4,18H2,1H3. The lowest BCUT2D eigenvalue weighted by Gasteiger charge is -2.05. The van der Waals surface area contributed by atoms with Crippen LogP contribution in [0.25, 0.3) is 17.2 Å². The lowest BCUT2D eigenvalue weighted by molar-refractivity contribution is 0.795. The third kappa shape index (κ3) is 4.84. The van der Waals surface area contributed by atoms with Crippen molar-refractivity contribution in [3.05, 3.63) is 94.6 Å². The van der Waals surface area contributed by atoms with Crippen molar-refractivity contribution in [1.82, 2.24) is 0 Å². The molecule has 0 unspecified atom stereocenters. The third-order valence-corrected chi connectivity index (χ3v) is 5.46. The molecule has 0 radical (unpaired) electrons. The number of benzene rings is 3. The minimum Gasteiger partial charge on any atom is -0.195 e. The summed E-state index contributed by atoms with van der Waals surface area (Å²) in [6.45, 7) is 2.23. The van der Waals surface area contributed by atoms with Crippen LogP contribution in [0.4, 0.5) is 5.69 Å². The fourth-order valence-electron chi connectivity index (χ4n) is 3.67. The molecule has 1 nitrogen and oxygen atoms in total. The van der Waals surface area contributed by atoms with Crippen molar-refractivity contribution in [2.45, 2.75) is 32.6 Å². The molecule has 0 aromatic heterocycles. The Morgan fingerprint density at radius 3 is 2.40 bits per heavy atom. The minimum absolute atomic E-state index is 0.826. The van der Waals surface area contributed by atoms with Crippen LogP contribution < -0.4 is 0 Å². The van der Waals surface area contributed by atoms with Crippen LogP contribution in [0.3, 0.4) is 0 Å². The highest BCUT2D eigenvalue weighted by atomic mass is 32.1. The Labute approximate surface area is 184 Å². The van der Waals surface area contributed by atoms with Gasteiger partial charge in [0.2, 0.25) is 0 Å². The van der Waals surface area contributed by atoms with Gasteiger partial charge < -0.3 is 0 Å². The van der Waals surface area contributed by atoms with Gasteiger partial charge in [0.15, 0.2) is 0 Å². The second-order valence-electron chi connectivity index (χ2n) is 7.56. The second kappa shape index (κ2) is 9.51. The number of hydrogen-bond acceptors (Lipinski definition) is 2. The van der Waals surface area contributed by atoms with Gasteiger partial charge in [-0.15, -0.1) is 0 Å². The monoisotopic (exact) mass is 405 g/mol. The first-order valence-corrected chi connectivity index (χ1v) is 10.8. The summed E-state index contributed by atoms with van der Waals surface area (Å²) in [6.07, 6.45) is 6.71. The zero-order valence-corrected chi connectivity index (χ0v) is 17.9. The van der Waals surface area contributed by atoms with Gasteiger partial charge >= 0.3 is 0 Å². The highest BCUT2D eigenvalue weighted by molar-refractivity contribution is 7.78. The molecule has 1 aliphatic rings. The van der Waals surface area contributed by atoms with Crippen molar-refractivity contribution in [2.24, 2.45) is 4.99 Å². The third-order valence-electron chi connectivity index (χ3n) is 5.37. The van der Waals surface area contributed by atoms with E-state index in [9.17, 15) is 0 Å². The molecule has 0 atom stereocenters. The molecule has 0 saturated carbocycles. The maximum absolute atomic E-state index is 4.67. The van der Waals surface area contributed by atoms with Crippen LogP contribution in [-0.2, 0) is 12.8 Å². The SMILES string of the molecule is CCCCc1ccc(C#CC2=Cc3ccc(-c4ccc(N=C=S)cc4)cc3C2)cc1. The van der Waals surface area contributed by atoms with Gasteiger partial charge in [0.1, 0.15) is 0 Å². The van der Waals surface area contributed by atoms with Gasteiger partial charge in [0.05, 0.1) is 10.8 Å². The summed E-state index contributed by atoms with van der Waals surface area (Å²) in [7, 11) is 0. The Balaban J connectivity index is 1.46. The van der Waals surface area contributed by atoms with Crippen molar-refractivity contribution in [3.63, 3.8) is 0 Å². The zero-order valence-electron chi connectivity index (χ0n) is 17.1. The number of rotatable bonds is 5. The van der Waals surface area contributed by atoms with E-state index in [4.69, 9.17) is 0 Å². The van der Waals surface area contributed by atoms with Crippen molar-refractivity contribution in [3.8, 4) is 23.0 Å². The van der Waals surface area contributed by atoms with E-state index >= 15 is 0 Å². The highest BCUT2D eigenvalue weighted by Crippen LogP contribution is 2.30. The molecular weight excluding hydrogens is 382 g/mol. The average Bonchev–Trinajstić information content (AvgIpc) is 3.20. The minimum atomic E-state index is 0.826. The van der Waals surface area contributed by atoms with Crippen LogP contribution in [0.2, 0.25) is 0 Å². The molecule has 1 aliphatic carbocycles. The van der Waals surface area contributed by atoms with Gasteiger partial charge in [0, 0.05) is 17.6 Å². The summed E-state index contributed by atoms with van der Waals surface area (Å²) in [5, 5.41) is 2.40. The molecule has 0 heterocycles. The van der Waals surface area contributed by atoms with Crippen molar-refractivity contribution >= 4 is 29.1 Å². The number of fused-ring (bicyclic) bond motifs is 1. The Morgan fingerprint density at radius 1 is 0.900 bits per heavy atom. The van der Waals surface area contributed by atoms with Gasteiger partial charge in [-0.2, -0.15) is 4.99 Å². The van der Waals surface area contributed by atoms with E-state index < -0.39 is 0 Å². The van der Waals surface area contributed by atoms with E-state index in [0.29, 0.717) is 0 Å². The average molecular weight is 406 g/mol. The quantitative estimate of drug-likeness (QED) is 0.244. The topological polar surface area (TPSA) is 12.4 Å². The first kappa shape index (κ1) is 20.0. The van der Waals surface area contributed by atoms with Crippen LogP contribution in [0.5, 0.6) is 0 Å². The second-order valence-corrected chi connectivity index (χ2v) is 7.74. The molecule has 146 valence electrons. The van der Waals surface area contributed by atoms with Crippen LogP contribution in [0.1, 0.15) is 42.0 Å². The summed E-state index contributed by atoms with van der Waals surface area (Å²) >= 11 is 4.67. The molecule has 0 saturated heterocycles. The maximum Gasteiger partial charge on any atom is 0.0739 e. The molecule has 3 aromatic rings. The van der Waals surface area contributed by atoms with Crippen LogP contribution in [0, 0.1) is 11.8 Å². The van der Waals surface area contributed by atoms with E-state index in [1.807, 2.05) is 12.1 Å². The van der Waals surface area contributed by atoms with Gasteiger partial charge in [-0.1, -0.05) is 67.6 Å². The summed E-state index contributed by atoms with van der Waals surface area (Å²) in [5.74, 6) is 6.70. The molecule has 0 bridgehead atoms. The molecule has 0 amide bonds. The van der Waals surface area contributed by atoms with E-state index in [2.05, 4.69) is 102 Å². The normalized spacial score (nSPS) is 11.7. The molecule has 0 spiro atoms. The van der Waals surface area contributed by atoms with Crippen molar-refractivity contribution < 1.29 is 0 Å². The highest BCUT2D eigenvalue weighted by Gasteiger charge is 2.12. The van der Waals surface area contributed by atoms with Crippen LogP contribution in [0.15, 0.2) is 77.3 Å². The van der Waals surface area contributed by atoms with Gasteiger partial charge in [-0.25, -0.2) is 0 Å². The molecule has 0 aliphatic heterocycles. The number of isothiocyanates is 1. The number of nitrogens with zero attached hydrogens (tertiary/aromatic N) is 1. The zero-order chi connectivity index (χ0) is 20.8. The number of aryl methyl sites for hydroxylation is 1. The smallest absolute Gasteiger partial charge is 0.0739 e. The molecule has 30 heavy (non-hydrogen) atoms. The Bertz CT molecular complexity index is 1180. The van der Waals surface area contributed by atoms with Crippen molar-refractivity contribution in [1.29, 1.82) is 0 Å². The summed E-state index contributed by atoms with van der Waals surface area (Å²) in [6, 6.07) is 23.4. The summed E-state index contributed by atoms with van der Waals surface area (Å²) in [4.78, 5) is 4.01. The lowest BCUT2D eigenvalue weighted by Crippen LogP contribution is -1.86. The maximum atomic E-state index is 4.67. The molecule has 0 N–H and O–H groups in total. The van der Waals surface area contributed by atoms with E-state index in [0.717, 1.165) is 24.1 Å². The Kier molecular flexibility index (Phi) is 6.35. The van der Waals surface area contributed by atoms with E-state index in [-0.39, 0.29) is 0 Å². The van der Waals surface area contributed by atoms with Crippen LogP contribution in [-0.4, -0.2) is 5.16 Å². The number of unbranched alkanes of at least 4 members (excludes halogenated alkanes) is 1. The predicted octanol–water partition coefficient (Wildman–Crippen LogP) is 7.42. The first-order valence-electron chi connectivity index (χ1n) is 10.4. The number of hydrogen-bond donors (Lipinski definition) is 0. The number of aliphatic imine (C=N–C) groups is 1. The molecular formula is C28H23NS. The number of thiocarbonyl (C=S) groups is 1. The van der Waals surface area contributed by atoms with Crippen molar-refractivity contribution in [2.75, 3.05) is 0 Å². The van der Waals surface area contributed by atoms with E-state index in [1.54, 1.807) is 0 Å². The largest absolute Gasteiger partial charge is 0.195 e. The molecule has 0 fully saturated rings.